The van der Waals surface area contributed by atoms with Crippen LogP contribution in [0.5, 0.6) is 0 Å². The summed E-state index contributed by atoms with van der Waals surface area (Å²) >= 11 is 0. The van der Waals surface area contributed by atoms with Gasteiger partial charge in [0.2, 0.25) is 0 Å². The van der Waals surface area contributed by atoms with E-state index in [4.69, 9.17) is 5.73 Å². The fraction of sp³-hybridized carbons (Fsp3) is 0.143. The Balaban J connectivity index is 1.97. The average Bonchev–Trinajstić information content (AvgIpc) is 2.93. The van der Waals surface area contributed by atoms with Gasteiger partial charge in [0, 0.05) is 12.4 Å². The number of rotatable bonds is 4. The van der Waals surface area contributed by atoms with Gasteiger partial charge in [0.15, 0.2) is 11.5 Å². The molecule has 3 aromatic rings. The zero-order valence-corrected chi connectivity index (χ0v) is 10.8. The minimum Gasteiger partial charge on any atom is -0.394 e. The Hall–Kier alpha value is -2.60. The van der Waals surface area contributed by atoms with Crippen molar-refractivity contribution < 1.29 is 5.11 Å². The summed E-state index contributed by atoms with van der Waals surface area (Å²) in [5.74, 6) is 0.945. The number of hydrogen-bond donors (Lipinski definition) is 3. The third kappa shape index (κ3) is 2.28. The van der Waals surface area contributed by atoms with Crippen molar-refractivity contribution in [3.05, 3.63) is 54.5 Å². The number of nitrogens with zero attached hydrogens (tertiary/aromatic N) is 3. The topological polar surface area (TPSA) is 88.5 Å². The highest BCUT2D eigenvalue weighted by Gasteiger charge is 2.14. The first-order chi connectivity index (χ1) is 9.78. The Morgan fingerprint density at radius 1 is 1.30 bits per heavy atom. The molecule has 0 radical (unpaired) electrons. The van der Waals surface area contributed by atoms with Crippen molar-refractivity contribution in [1.29, 1.82) is 0 Å². The number of aliphatic hydroxyl groups is 1. The number of anilines is 2. The molecule has 0 saturated heterocycles. The first-order valence-corrected chi connectivity index (χ1v) is 6.29. The summed E-state index contributed by atoms with van der Waals surface area (Å²) in [5, 5.41) is 12.8. The second-order valence-electron chi connectivity index (χ2n) is 4.46. The van der Waals surface area contributed by atoms with Crippen molar-refractivity contribution in [3.8, 4) is 0 Å². The summed E-state index contributed by atoms with van der Waals surface area (Å²) in [7, 11) is 0. The van der Waals surface area contributed by atoms with Crippen LogP contribution in [0.1, 0.15) is 11.6 Å². The molecule has 4 N–H and O–H groups in total. The minimum atomic E-state index is -0.258. The fourth-order valence-electron chi connectivity index (χ4n) is 2.13. The number of hydrogen-bond acceptors (Lipinski definition) is 5. The summed E-state index contributed by atoms with van der Waals surface area (Å²) in [4.78, 5) is 8.50. The quantitative estimate of drug-likeness (QED) is 0.667. The number of nitrogens with one attached hydrogen (secondary N) is 1. The number of nitrogens with two attached hydrogens (primary N) is 1. The van der Waals surface area contributed by atoms with Gasteiger partial charge in [-0.05, 0) is 5.56 Å². The molecule has 0 saturated carbocycles. The van der Waals surface area contributed by atoms with Gasteiger partial charge >= 0.3 is 0 Å². The van der Waals surface area contributed by atoms with E-state index >= 15 is 0 Å². The SMILES string of the molecule is Nc1cn2ccnc2c(NC(CO)c2ccccc2)n1. The van der Waals surface area contributed by atoms with Gasteiger partial charge in [0.1, 0.15) is 5.82 Å². The number of fused-ring (bicyclic) bond motifs is 1. The summed E-state index contributed by atoms with van der Waals surface area (Å²) in [5.41, 5.74) is 7.43. The number of aromatic nitrogens is 3. The van der Waals surface area contributed by atoms with E-state index < -0.39 is 0 Å². The summed E-state index contributed by atoms with van der Waals surface area (Å²) in [6, 6.07) is 9.43. The maximum Gasteiger partial charge on any atom is 0.180 e. The van der Waals surface area contributed by atoms with Gasteiger partial charge in [-0.25, -0.2) is 9.97 Å². The number of benzene rings is 1. The maximum absolute atomic E-state index is 9.58. The first-order valence-electron chi connectivity index (χ1n) is 6.29. The Labute approximate surface area is 115 Å². The molecule has 0 amide bonds. The van der Waals surface area contributed by atoms with Gasteiger partial charge in [-0.3, -0.25) is 0 Å². The molecule has 0 bridgehead atoms. The van der Waals surface area contributed by atoms with E-state index in [1.165, 1.54) is 0 Å². The molecule has 0 spiro atoms. The molecule has 1 atom stereocenters. The van der Waals surface area contributed by atoms with Gasteiger partial charge in [0.05, 0.1) is 18.8 Å². The standard InChI is InChI=1S/C14H15N5O/c15-12-8-19-7-6-16-14(19)13(18-12)17-11(9-20)10-4-2-1-3-5-10/h1-8,11,20H,9,15H2,(H,17,18). The molecule has 3 rings (SSSR count). The lowest BCUT2D eigenvalue weighted by Crippen LogP contribution is -2.16. The van der Waals surface area contributed by atoms with E-state index in [1.807, 2.05) is 30.3 Å². The van der Waals surface area contributed by atoms with Crippen LogP contribution in [-0.4, -0.2) is 26.1 Å². The lowest BCUT2D eigenvalue weighted by atomic mass is 10.1. The van der Waals surface area contributed by atoms with E-state index in [2.05, 4.69) is 15.3 Å². The van der Waals surface area contributed by atoms with Crippen LogP contribution in [0.15, 0.2) is 48.9 Å². The average molecular weight is 269 g/mol. The van der Waals surface area contributed by atoms with Gasteiger partial charge in [-0.15, -0.1) is 0 Å². The van der Waals surface area contributed by atoms with E-state index in [9.17, 15) is 5.11 Å². The highest BCUT2D eigenvalue weighted by Crippen LogP contribution is 2.21. The lowest BCUT2D eigenvalue weighted by molar-refractivity contribution is 0.276. The number of imidazole rings is 1. The van der Waals surface area contributed by atoms with E-state index in [0.29, 0.717) is 17.3 Å². The molecular weight excluding hydrogens is 254 g/mol. The summed E-state index contributed by atoms with van der Waals surface area (Å²) in [6.07, 6.45) is 5.18. The third-order valence-electron chi connectivity index (χ3n) is 3.09. The summed E-state index contributed by atoms with van der Waals surface area (Å²) < 4.78 is 1.80. The highest BCUT2D eigenvalue weighted by atomic mass is 16.3. The van der Waals surface area contributed by atoms with Crippen LogP contribution in [-0.2, 0) is 0 Å². The van der Waals surface area contributed by atoms with Crippen molar-refractivity contribution in [2.75, 3.05) is 17.7 Å². The molecule has 6 heteroatoms. The largest absolute Gasteiger partial charge is 0.394 e. The third-order valence-corrected chi connectivity index (χ3v) is 3.09. The molecule has 1 aromatic carbocycles. The van der Waals surface area contributed by atoms with Crippen LogP contribution in [0.2, 0.25) is 0 Å². The molecule has 1 unspecified atom stereocenters. The molecule has 6 nitrogen and oxygen atoms in total. The smallest absolute Gasteiger partial charge is 0.180 e. The van der Waals surface area contributed by atoms with Crippen LogP contribution < -0.4 is 11.1 Å². The summed E-state index contributed by atoms with van der Waals surface area (Å²) in [6.45, 7) is -0.0483. The normalized spacial score (nSPS) is 12.4. The van der Waals surface area contributed by atoms with Crippen molar-refractivity contribution in [3.63, 3.8) is 0 Å². The molecule has 2 heterocycles. The Morgan fingerprint density at radius 2 is 2.10 bits per heavy atom. The van der Waals surface area contributed by atoms with Crippen LogP contribution in [0.4, 0.5) is 11.6 Å². The highest BCUT2D eigenvalue weighted by molar-refractivity contribution is 5.65. The minimum absolute atomic E-state index is 0.0483. The molecule has 0 fully saturated rings. The van der Waals surface area contributed by atoms with Crippen LogP contribution in [0.25, 0.3) is 5.65 Å². The van der Waals surface area contributed by atoms with Crippen molar-refractivity contribution in [2.24, 2.45) is 0 Å². The van der Waals surface area contributed by atoms with Gasteiger partial charge in [-0.2, -0.15) is 0 Å². The van der Waals surface area contributed by atoms with Crippen LogP contribution in [0.3, 0.4) is 0 Å². The first kappa shape index (κ1) is 12.4. The lowest BCUT2D eigenvalue weighted by Gasteiger charge is -2.17. The predicted octanol–water partition coefficient (Wildman–Crippen LogP) is 1.46. The molecule has 0 aliphatic heterocycles. The zero-order valence-electron chi connectivity index (χ0n) is 10.8. The molecule has 2 aromatic heterocycles. The Bertz CT molecular complexity index is 710. The number of nitrogen functional groups attached to an aromatic ring is 1. The van der Waals surface area contributed by atoms with Crippen LogP contribution >= 0.6 is 0 Å². The molecule has 102 valence electrons. The maximum atomic E-state index is 9.58. The van der Waals surface area contributed by atoms with Crippen LogP contribution in [0, 0.1) is 0 Å². The predicted molar refractivity (Wildman–Crippen MR) is 77.3 cm³/mol. The van der Waals surface area contributed by atoms with Gasteiger partial charge in [0.25, 0.3) is 0 Å². The van der Waals surface area contributed by atoms with Crippen molar-refractivity contribution >= 4 is 17.3 Å². The molecule has 0 aliphatic rings. The molecule has 20 heavy (non-hydrogen) atoms. The zero-order chi connectivity index (χ0) is 13.9. The van der Waals surface area contributed by atoms with Gasteiger partial charge < -0.3 is 20.6 Å². The Morgan fingerprint density at radius 3 is 2.85 bits per heavy atom. The van der Waals surface area contributed by atoms with Crippen molar-refractivity contribution in [1.82, 2.24) is 14.4 Å². The van der Waals surface area contributed by atoms with E-state index in [1.54, 1.807) is 23.0 Å². The number of aliphatic hydroxyl groups excluding tert-OH is 1. The van der Waals surface area contributed by atoms with E-state index in [-0.39, 0.29) is 12.6 Å². The van der Waals surface area contributed by atoms with E-state index in [0.717, 1.165) is 5.56 Å². The second-order valence-corrected chi connectivity index (χ2v) is 4.46. The molecule has 0 aliphatic carbocycles. The second kappa shape index (κ2) is 5.18. The van der Waals surface area contributed by atoms with Gasteiger partial charge in [-0.1, -0.05) is 30.3 Å². The Kier molecular flexibility index (Phi) is 3.22. The monoisotopic (exact) mass is 269 g/mol. The fourth-order valence-corrected chi connectivity index (χ4v) is 2.13. The van der Waals surface area contributed by atoms with Crippen molar-refractivity contribution in [2.45, 2.75) is 6.04 Å². The molecular formula is C14H15N5O.